The molecule has 2 aromatic rings. The van der Waals surface area contributed by atoms with Gasteiger partial charge in [-0.05, 0) is 12.0 Å². The number of aromatic nitrogens is 1. The van der Waals surface area contributed by atoms with Gasteiger partial charge in [-0.15, -0.1) is 0 Å². The van der Waals surface area contributed by atoms with Crippen molar-refractivity contribution in [1.29, 1.82) is 0 Å². The highest BCUT2D eigenvalue weighted by Gasteiger charge is 2.28. The number of rotatable bonds is 5. The van der Waals surface area contributed by atoms with Crippen LogP contribution in [-0.2, 0) is 24.2 Å². The molecule has 1 saturated heterocycles. The number of hydrogen-bond donors (Lipinski definition) is 1. The van der Waals surface area contributed by atoms with Gasteiger partial charge in [0.2, 0.25) is 5.91 Å². The monoisotopic (exact) mass is 384 g/mol. The third-order valence-electron chi connectivity index (χ3n) is 5.49. The molecule has 0 radical (unpaired) electrons. The maximum Gasteiger partial charge on any atom is 0.227 e. The molecule has 5 nitrogen and oxygen atoms in total. The van der Waals surface area contributed by atoms with Gasteiger partial charge >= 0.3 is 0 Å². The lowest BCUT2D eigenvalue weighted by molar-refractivity contribution is -0.131. The van der Waals surface area contributed by atoms with Gasteiger partial charge in [-0.3, -0.25) is 4.79 Å². The molecule has 1 fully saturated rings. The van der Waals surface area contributed by atoms with E-state index in [1.165, 1.54) is 23.4 Å². The fraction of sp³-hybridized carbons (Fsp3) is 0.524. The Balaban J connectivity index is 1.45. The Morgan fingerprint density at radius 1 is 1.30 bits per heavy atom. The molecular formula is C21H28N4OS. The summed E-state index contributed by atoms with van der Waals surface area (Å²) < 4.78 is 0. The molecule has 4 rings (SSSR count). The zero-order chi connectivity index (χ0) is 18.6. The fourth-order valence-electron chi connectivity index (χ4n) is 4.00. The molecule has 2 aliphatic rings. The van der Waals surface area contributed by atoms with Crippen LogP contribution < -0.4 is 10.2 Å². The molecule has 144 valence electrons. The van der Waals surface area contributed by atoms with Crippen LogP contribution in [0.3, 0.4) is 0 Å². The summed E-state index contributed by atoms with van der Waals surface area (Å²) in [4.78, 5) is 23.4. The average molecular weight is 385 g/mol. The number of piperazine rings is 1. The zero-order valence-corrected chi connectivity index (χ0v) is 16.8. The SMILES string of the molecule is CCCC1CNCCN1c1nc2c(s1)CN(C(=O)Cc1ccccc1)CC2. The number of nitrogens with zero attached hydrogens (tertiary/aromatic N) is 3. The van der Waals surface area contributed by atoms with E-state index in [1.54, 1.807) is 11.3 Å². The first-order valence-electron chi connectivity index (χ1n) is 10.0. The minimum Gasteiger partial charge on any atom is -0.343 e. The van der Waals surface area contributed by atoms with Crippen LogP contribution in [-0.4, -0.2) is 48.0 Å². The minimum atomic E-state index is 0.216. The van der Waals surface area contributed by atoms with Gasteiger partial charge in [0.05, 0.1) is 18.7 Å². The Morgan fingerprint density at radius 2 is 2.15 bits per heavy atom. The Hall–Kier alpha value is -1.92. The molecular weight excluding hydrogens is 356 g/mol. The van der Waals surface area contributed by atoms with Crippen LogP contribution in [0.4, 0.5) is 5.13 Å². The fourth-order valence-corrected chi connectivity index (χ4v) is 5.22. The summed E-state index contributed by atoms with van der Waals surface area (Å²) in [6, 6.07) is 10.6. The predicted octanol–water partition coefficient (Wildman–Crippen LogP) is 2.85. The molecule has 1 aromatic heterocycles. The molecule has 27 heavy (non-hydrogen) atoms. The van der Waals surface area contributed by atoms with Crippen molar-refractivity contribution < 1.29 is 4.79 Å². The maximum absolute atomic E-state index is 12.7. The average Bonchev–Trinajstić information content (AvgIpc) is 3.12. The van der Waals surface area contributed by atoms with Crippen molar-refractivity contribution in [2.45, 2.75) is 45.2 Å². The van der Waals surface area contributed by atoms with E-state index < -0.39 is 0 Å². The van der Waals surface area contributed by atoms with Gasteiger partial charge in [0.1, 0.15) is 0 Å². The molecule has 1 amide bonds. The first kappa shape index (κ1) is 18.4. The highest BCUT2D eigenvalue weighted by Crippen LogP contribution is 2.32. The lowest BCUT2D eigenvalue weighted by Gasteiger charge is -2.36. The van der Waals surface area contributed by atoms with E-state index >= 15 is 0 Å². The summed E-state index contributed by atoms with van der Waals surface area (Å²) >= 11 is 1.79. The number of benzene rings is 1. The molecule has 0 spiro atoms. The van der Waals surface area contributed by atoms with E-state index in [0.717, 1.165) is 43.3 Å². The summed E-state index contributed by atoms with van der Waals surface area (Å²) in [6.45, 7) is 6.82. The Labute approximate surface area is 165 Å². The van der Waals surface area contributed by atoms with Crippen LogP contribution >= 0.6 is 11.3 Å². The number of carbonyl (C=O) groups excluding carboxylic acids is 1. The molecule has 3 heterocycles. The Bertz CT molecular complexity index is 774. The van der Waals surface area contributed by atoms with Crippen LogP contribution in [0.2, 0.25) is 0 Å². The van der Waals surface area contributed by atoms with E-state index in [9.17, 15) is 4.79 Å². The summed E-state index contributed by atoms with van der Waals surface area (Å²) in [5, 5.41) is 4.66. The van der Waals surface area contributed by atoms with Crippen LogP contribution in [0.5, 0.6) is 0 Å². The quantitative estimate of drug-likeness (QED) is 0.861. The lowest BCUT2D eigenvalue weighted by Crippen LogP contribution is -2.51. The molecule has 2 aliphatic heterocycles. The summed E-state index contributed by atoms with van der Waals surface area (Å²) in [5.74, 6) is 0.216. The number of carbonyl (C=O) groups is 1. The van der Waals surface area contributed by atoms with Crippen molar-refractivity contribution in [3.63, 3.8) is 0 Å². The second-order valence-corrected chi connectivity index (χ2v) is 8.50. The molecule has 6 heteroatoms. The van der Waals surface area contributed by atoms with Crippen molar-refractivity contribution in [3.8, 4) is 0 Å². The van der Waals surface area contributed by atoms with Crippen molar-refractivity contribution >= 4 is 22.4 Å². The maximum atomic E-state index is 12.7. The molecule has 1 unspecified atom stereocenters. The van der Waals surface area contributed by atoms with Crippen LogP contribution in [0.1, 0.15) is 35.9 Å². The summed E-state index contributed by atoms with van der Waals surface area (Å²) in [7, 11) is 0. The van der Waals surface area contributed by atoms with Gasteiger partial charge in [-0.2, -0.15) is 0 Å². The highest BCUT2D eigenvalue weighted by molar-refractivity contribution is 7.15. The third kappa shape index (κ3) is 4.17. The standard InChI is InChI=1S/C21H28N4OS/c1-2-6-17-14-22-10-12-25(17)21-23-18-9-11-24(15-19(18)27-21)20(26)13-16-7-4-3-5-8-16/h3-5,7-8,17,22H,2,6,9-15H2,1H3. The van der Waals surface area contributed by atoms with E-state index in [-0.39, 0.29) is 5.91 Å². The topological polar surface area (TPSA) is 48.5 Å². The van der Waals surface area contributed by atoms with Crippen molar-refractivity contribution in [3.05, 3.63) is 46.5 Å². The van der Waals surface area contributed by atoms with Gasteiger partial charge in [0.15, 0.2) is 5.13 Å². The second-order valence-electron chi connectivity index (χ2n) is 7.43. The van der Waals surface area contributed by atoms with E-state index in [1.807, 2.05) is 35.2 Å². The van der Waals surface area contributed by atoms with E-state index in [2.05, 4.69) is 17.1 Å². The molecule has 1 atom stereocenters. The first-order chi connectivity index (χ1) is 13.2. The van der Waals surface area contributed by atoms with Gasteiger partial charge in [0.25, 0.3) is 0 Å². The molecule has 1 aromatic carbocycles. The van der Waals surface area contributed by atoms with Crippen LogP contribution in [0.25, 0.3) is 0 Å². The lowest BCUT2D eigenvalue weighted by atomic mass is 10.1. The molecule has 0 aliphatic carbocycles. The molecule has 0 saturated carbocycles. The smallest absolute Gasteiger partial charge is 0.227 e. The van der Waals surface area contributed by atoms with Gasteiger partial charge in [-0.25, -0.2) is 4.98 Å². The largest absolute Gasteiger partial charge is 0.343 e. The normalized spacial score (nSPS) is 19.8. The number of fused-ring (bicyclic) bond motifs is 1. The first-order valence-corrected chi connectivity index (χ1v) is 10.8. The van der Waals surface area contributed by atoms with Crippen molar-refractivity contribution in [2.24, 2.45) is 0 Å². The Kier molecular flexibility index (Phi) is 5.74. The number of anilines is 1. The minimum absolute atomic E-state index is 0.216. The summed E-state index contributed by atoms with van der Waals surface area (Å²) in [6.07, 6.45) is 3.74. The number of thiazole rings is 1. The van der Waals surface area contributed by atoms with Crippen LogP contribution in [0, 0.1) is 0 Å². The van der Waals surface area contributed by atoms with Crippen molar-refractivity contribution in [2.75, 3.05) is 31.1 Å². The van der Waals surface area contributed by atoms with E-state index in [4.69, 9.17) is 4.98 Å². The van der Waals surface area contributed by atoms with Crippen LogP contribution in [0.15, 0.2) is 30.3 Å². The van der Waals surface area contributed by atoms with E-state index in [0.29, 0.717) is 19.0 Å². The molecule has 1 N–H and O–H groups in total. The molecule has 0 bridgehead atoms. The number of amides is 1. The second kappa shape index (κ2) is 8.40. The Morgan fingerprint density at radius 3 is 2.96 bits per heavy atom. The highest BCUT2D eigenvalue weighted by atomic mass is 32.1. The number of hydrogen-bond acceptors (Lipinski definition) is 5. The van der Waals surface area contributed by atoms with Gasteiger partial charge in [0, 0.05) is 43.5 Å². The summed E-state index contributed by atoms with van der Waals surface area (Å²) in [5.41, 5.74) is 2.29. The third-order valence-corrected chi connectivity index (χ3v) is 6.61. The number of nitrogens with one attached hydrogen (secondary N) is 1. The van der Waals surface area contributed by atoms with Gasteiger partial charge in [-0.1, -0.05) is 55.0 Å². The van der Waals surface area contributed by atoms with Crippen molar-refractivity contribution in [1.82, 2.24) is 15.2 Å². The van der Waals surface area contributed by atoms with Gasteiger partial charge < -0.3 is 15.1 Å². The predicted molar refractivity (Wildman–Crippen MR) is 110 cm³/mol. The zero-order valence-electron chi connectivity index (χ0n) is 16.0.